The highest BCUT2D eigenvalue weighted by atomic mass is 35.5. The molecule has 0 unspecified atom stereocenters. The molecule has 71 valence electrons. The minimum atomic E-state index is 0.751. The molecule has 0 atom stereocenters. The van der Waals surface area contributed by atoms with Gasteiger partial charge in [0.2, 0.25) is 0 Å². The van der Waals surface area contributed by atoms with E-state index in [2.05, 4.69) is 15.4 Å². The fourth-order valence-electron chi connectivity index (χ4n) is 1.09. The maximum Gasteiger partial charge on any atom is 0.269 e. The minimum absolute atomic E-state index is 0.751. The zero-order valence-corrected chi connectivity index (χ0v) is 8.15. The Labute approximate surface area is 86.5 Å². The molecule has 5 heteroatoms. The van der Waals surface area contributed by atoms with E-state index in [1.54, 1.807) is 4.80 Å². The highest BCUT2D eigenvalue weighted by Gasteiger charge is 2.02. The van der Waals surface area contributed by atoms with Crippen molar-refractivity contribution < 1.29 is 4.80 Å². The van der Waals surface area contributed by atoms with Crippen molar-refractivity contribution in [3.8, 4) is 0 Å². The predicted octanol–water partition coefficient (Wildman–Crippen LogP) is 0.998. The third-order valence-corrected chi connectivity index (χ3v) is 2.06. The van der Waals surface area contributed by atoms with Gasteiger partial charge in [0, 0.05) is 11.4 Å². The van der Waals surface area contributed by atoms with Crippen LogP contribution in [-0.2, 0) is 6.42 Å². The van der Waals surface area contributed by atoms with Crippen LogP contribution in [0.1, 0.15) is 5.56 Å². The Morgan fingerprint density at radius 1 is 1.36 bits per heavy atom. The molecule has 0 amide bonds. The van der Waals surface area contributed by atoms with E-state index in [-0.39, 0.29) is 0 Å². The molecule has 1 N–H and O–H groups in total. The van der Waals surface area contributed by atoms with Crippen LogP contribution in [0.3, 0.4) is 0 Å². The Morgan fingerprint density at radius 2 is 2.14 bits per heavy atom. The molecule has 0 aliphatic heterocycles. The number of benzene rings is 1. The molecule has 14 heavy (non-hydrogen) atoms. The Bertz CT molecular complexity index is 382. The van der Waals surface area contributed by atoms with Crippen LogP contribution in [0.25, 0.3) is 0 Å². The number of H-pyrrole nitrogens is 1. The van der Waals surface area contributed by atoms with Crippen molar-refractivity contribution in [2.45, 2.75) is 6.42 Å². The summed E-state index contributed by atoms with van der Waals surface area (Å²) in [7, 11) is 0. The average molecular weight is 209 g/mol. The largest absolute Gasteiger partial charge is 0.269 e. The summed E-state index contributed by atoms with van der Waals surface area (Å²) >= 11 is 5.77. The lowest BCUT2D eigenvalue weighted by atomic mass is 10.1. The van der Waals surface area contributed by atoms with Gasteiger partial charge >= 0.3 is 0 Å². The number of aromatic nitrogens is 4. The first-order valence-electron chi connectivity index (χ1n) is 4.20. The molecule has 0 saturated carbocycles. The second-order valence-electron chi connectivity index (χ2n) is 2.82. The summed E-state index contributed by atoms with van der Waals surface area (Å²) in [5.41, 5.74) is 1.18. The molecular weight excluding hydrogens is 200 g/mol. The summed E-state index contributed by atoms with van der Waals surface area (Å²) in [6.45, 7) is 1.90. The monoisotopic (exact) mass is 208 g/mol. The van der Waals surface area contributed by atoms with Crippen molar-refractivity contribution in [2.75, 3.05) is 0 Å². The van der Waals surface area contributed by atoms with Crippen LogP contribution in [0, 0.1) is 6.54 Å². The van der Waals surface area contributed by atoms with Crippen molar-refractivity contribution in [2.24, 2.45) is 0 Å². The molecule has 0 bridgehead atoms. The molecule has 2 aromatic rings. The van der Waals surface area contributed by atoms with Gasteiger partial charge in [-0.3, -0.25) is 0 Å². The maximum atomic E-state index is 5.77. The number of nitrogens with zero attached hydrogens (tertiary/aromatic N) is 3. The number of nitrogens with one attached hydrogen (secondary N) is 1. The first-order valence-corrected chi connectivity index (χ1v) is 4.58. The van der Waals surface area contributed by atoms with E-state index >= 15 is 0 Å². The lowest BCUT2D eigenvalue weighted by molar-refractivity contribution is -0.750. The van der Waals surface area contributed by atoms with Crippen molar-refractivity contribution in [3.63, 3.8) is 0 Å². The van der Waals surface area contributed by atoms with Gasteiger partial charge in [-0.05, 0) is 22.5 Å². The van der Waals surface area contributed by atoms with Crippen LogP contribution >= 0.6 is 11.6 Å². The Morgan fingerprint density at radius 3 is 2.79 bits per heavy atom. The van der Waals surface area contributed by atoms with Crippen LogP contribution in [-0.4, -0.2) is 15.4 Å². The summed E-state index contributed by atoms with van der Waals surface area (Å²) in [6, 6.07) is 7.71. The van der Waals surface area contributed by atoms with E-state index in [4.69, 9.17) is 11.6 Å². The second kappa shape index (κ2) is 4.19. The van der Waals surface area contributed by atoms with Crippen LogP contribution in [0.15, 0.2) is 30.6 Å². The normalized spacial score (nSPS) is 10.4. The Balaban J connectivity index is 1.95. The standard InChI is InChI=1S/C9H9ClN4/c10-9-3-1-8(2-4-9)5-6-14-12-7-11-13-14/h1-4,6-7H,5H2,(H,11,12,13)/q+1. The summed E-state index contributed by atoms with van der Waals surface area (Å²) in [6.07, 6.45) is 2.31. The lowest BCUT2D eigenvalue weighted by Gasteiger charge is -1.96. The first-order chi connectivity index (χ1) is 6.84. The number of hydrogen-bond acceptors (Lipinski definition) is 2. The fourth-order valence-corrected chi connectivity index (χ4v) is 1.22. The summed E-state index contributed by atoms with van der Waals surface area (Å²) < 4.78 is 0. The van der Waals surface area contributed by atoms with Crippen LogP contribution in [0.4, 0.5) is 0 Å². The lowest BCUT2D eigenvalue weighted by Crippen LogP contribution is -2.37. The van der Waals surface area contributed by atoms with Gasteiger partial charge in [0.15, 0.2) is 11.8 Å². The Kier molecular flexibility index (Phi) is 2.74. The highest BCUT2D eigenvalue weighted by molar-refractivity contribution is 6.30. The molecular formula is C9H9ClN4+. The molecule has 2 rings (SSSR count). The van der Waals surface area contributed by atoms with Gasteiger partial charge in [-0.1, -0.05) is 23.7 Å². The first kappa shape index (κ1) is 9.15. The number of hydrogen-bond donors (Lipinski definition) is 1. The van der Waals surface area contributed by atoms with Gasteiger partial charge in [-0.15, -0.1) is 0 Å². The number of halogens is 1. The molecule has 1 radical (unpaired) electrons. The average Bonchev–Trinajstić information content (AvgIpc) is 2.70. The highest BCUT2D eigenvalue weighted by Crippen LogP contribution is 2.09. The molecule has 1 aromatic heterocycles. The van der Waals surface area contributed by atoms with Crippen molar-refractivity contribution in [1.29, 1.82) is 0 Å². The zero-order chi connectivity index (χ0) is 9.80. The molecule has 0 aliphatic rings. The van der Waals surface area contributed by atoms with E-state index in [1.807, 2.05) is 30.8 Å². The molecule has 0 spiro atoms. The van der Waals surface area contributed by atoms with Gasteiger partial charge in [0.1, 0.15) is 0 Å². The van der Waals surface area contributed by atoms with Crippen molar-refractivity contribution in [1.82, 2.24) is 15.4 Å². The molecule has 0 fully saturated rings. The van der Waals surface area contributed by atoms with Crippen LogP contribution in [0.2, 0.25) is 5.02 Å². The van der Waals surface area contributed by atoms with Crippen molar-refractivity contribution in [3.05, 3.63) is 47.7 Å². The second-order valence-corrected chi connectivity index (χ2v) is 3.26. The van der Waals surface area contributed by atoms with Crippen LogP contribution < -0.4 is 4.80 Å². The third kappa shape index (κ3) is 2.29. The van der Waals surface area contributed by atoms with Gasteiger partial charge in [-0.2, -0.15) is 5.10 Å². The van der Waals surface area contributed by atoms with Crippen LogP contribution in [0.5, 0.6) is 0 Å². The van der Waals surface area contributed by atoms with E-state index in [0.717, 1.165) is 11.4 Å². The van der Waals surface area contributed by atoms with E-state index < -0.39 is 0 Å². The van der Waals surface area contributed by atoms with Gasteiger partial charge < -0.3 is 0 Å². The van der Waals surface area contributed by atoms with Crippen molar-refractivity contribution >= 4 is 11.6 Å². The number of tetrazole rings is 1. The topological polar surface area (TPSA) is 45.5 Å². The molecule has 0 aliphatic carbocycles. The molecule has 1 heterocycles. The predicted molar refractivity (Wildman–Crippen MR) is 51.4 cm³/mol. The maximum absolute atomic E-state index is 5.77. The summed E-state index contributed by atoms with van der Waals surface area (Å²) in [4.78, 5) is 1.56. The molecule has 1 aromatic carbocycles. The van der Waals surface area contributed by atoms with E-state index in [9.17, 15) is 0 Å². The fraction of sp³-hybridized carbons (Fsp3) is 0.111. The summed E-state index contributed by atoms with van der Waals surface area (Å²) in [5.74, 6) is 0. The number of aromatic amines is 1. The van der Waals surface area contributed by atoms with Gasteiger partial charge in [0.05, 0.1) is 5.10 Å². The third-order valence-electron chi connectivity index (χ3n) is 1.81. The SMILES string of the molecule is Clc1ccc(C[CH][n+]2nnc[nH]2)cc1. The Hall–Kier alpha value is -1.42. The van der Waals surface area contributed by atoms with E-state index in [0.29, 0.717) is 0 Å². The zero-order valence-electron chi connectivity index (χ0n) is 7.39. The molecule has 0 saturated heterocycles. The smallest absolute Gasteiger partial charge is 0.171 e. The van der Waals surface area contributed by atoms with Gasteiger partial charge in [0.25, 0.3) is 6.33 Å². The minimum Gasteiger partial charge on any atom is -0.171 e. The quantitative estimate of drug-likeness (QED) is 0.765. The van der Waals surface area contributed by atoms with Gasteiger partial charge in [-0.25, -0.2) is 0 Å². The summed E-state index contributed by atoms with van der Waals surface area (Å²) in [5, 5.41) is 11.0. The molecule has 4 nitrogen and oxygen atoms in total. The number of rotatable bonds is 3. The van der Waals surface area contributed by atoms with E-state index in [1.165, 1.54) is 11.9 Å².